The van der Waals surface area contributed by atoms with Crippen molar-refractivity contribution in [1.29, 1.82) is 0 Å². The van der Waals surface area contributed by atoms with Crippen LogP contribution >= 0.6 is 17.9 Å². The molecule has 0 aromatic heterocycles. The molecule has 0 radical (unpaired) electrons. The van der Waals surface area contributed by atoms with E-state index in [4.69, 9.17) is 21.1 Å². The molecule has 1 aromatic carbocycles. The zero-order chi connectivity index (χ0) is 27.8. The predicted octanol–water partition coefficient (Wildman–Crippen LogP) is 11.6. The summed E-state index contributed by atoms with van der Waals surface area (Å²) in [5.74, 6) is 0.831. The molecular formula is C32H59O3PS2. The standard InChI is InChI=1S/C32H59O3PS2/c1-3-5-7-9-11-13-15-17-19-24-28-32(35-36(33,37)38,30-34-31-26-22-21-23-27-31)29-25-20-18-16-14-12-10-8-6-4-2/h21-23,26-27H,3-20,24-25,28-30H2,1-2H3,(H2,33,37,38). The maximum absolute atomic E-state index is 10.5. The van der Waals surface area contributed by atoms with Crippen LogP contribution in [0.25, 0.3) is 0 Å². The highest BCUT2D eigenvalue weighted by Gasteiger charge is 2.35. The van der Waals surface area contributed by atoms with Crippen LogP contribution in [0, 0.1) is 0 Å². The highest BCUT2D eigenvalue weighted by molar-refractivity contribution is 8.59. The molecule has 1 N–H and O–H groups in total. The van der Waals surface area contributed by atoms with Gasteiger partial charge in [-0.25, -0.2) is 0 Å². The molecule has 1 aromatic rings. The van der Waals surface area contributed by atoms with Gasteiger partial charge in [0.15, 0.2) is 0 Å². The minimum Gasteiger partial charge on any atom is -0.491 e. The predicted molar refractivity (Wildman–Crippen MR) is 174 cm³/mol. The summed E-state index contributed by atoms with van der Waals surface area (Å²) in [4.78, 5) is 10.5. The number of para-hydroxylation sites is 1. The smallest absolute Gasteiger partial charge is 0.242 e. The van der Waals surface area contributed by atoms with E-state index in [1.165, 1.54) is 116 Å². The highest BCUT2D eigenvalue weighted by atomic mass is 32.9. The Morgan fingerprint density at radius 3 is 1.39 bits per heavy atom. The summed E-state index contributed by atoms with van der Waals surface area (Å²) >= 11 is 9.56. The Morgan fingerprint density at radius 2 is 1.03 bits per heavy atom. The second-order valence-corrected chi connectivity index (χ2v) is 16.3. The van der Waals surface area contributed by atoms with Gasteiger partial charge in [-0.05, 0) is 36.8 Å². The Bertz CT molecular complexity index is 671. The summed E-state index contributed by atoms with van der Waals surface area (Å²) < 4.78 is 12.4. The molecule has 0 spiro atoms. The van der Waals surface area contributed by atoms with E-state index in [1.54, 1.807) is 0 Å². The van der Waals surface area contributed by atoms with Crippen molar-refractivity contribution < 1.29 is 14.2 Å². The summed E-state index contributed by atoms with van der Waals surface area (Å²) in [6.07, 6.45) is 27.6. The third kappa shape index (κ3) is 20.8. The van der Waals surface area contributed by atoms with Gasteiger partial charge >= 0.3 is 0 Å². The van der Waals surface area contributed by atoms with Crippen LogP contribution in [-0.4, -0.2) is 17.1 Å². The number of hydrogen-bond donors (Lipinski definition) is 2. The summed E-state index contributed by atoms with van der Waals surface area (Å²) in [7, 11) is 0. The first-order valence-electron chi connectivity index (χ1n) is 15.8. The molecule has 1 atom stereocenters. The summed E-state index contributed by atoms with van der Waals surface area (Å²) in [5.41, 5.74) is -3.70. The van der Waals surface area contributed by atoms with E-state index < -0.39 is 11.3 Å². The summed E-state index contributed by atoms with van der Waals surface area (Å²) in [6, 6.07) is 9.91. The molecule has 222 valence electrons. The zero-order valence-electron chi connectivity index (χ0n) is 24.7. The van der Waals surface area contributed by atoms with Gasteiger partial charge in [-0.15, -0.1) is 0 Å². The third-order valence-electron chi connectivity index (χ3n) is 7.53. The van der Waals surface area contributed by atoms with E-state index in [0.29, 0.717) is 6.61 Å². The van der Waals surface area contributed by atoms with Gasteiger partial charge in [-0.3, -0.25) is 0 Å². The van der Waals surface area contributed by atoms with Gasteiger partial charge < -0.3 is 14.2 Å². The minimum atomic E-state index is -3.12. The van der Waals surface area contributed by atoms with Gasteiger partial charge in [0.25, 0.3) is 0 Å². The second kappa shape index (κ2) is 23.6. The number of unbranched alkanes of at least 4 members (excludes halogenated alkanes) is 18. The first-order valence-corrected chi connectivity index (χ1v) is 19.7. The van der Waals surface area contributed by atoms with Gasteiger partial charge in [-0.1, -0.05) is 173 Å². The summed E-state index contributed by atoms with van der Waals surface area (Å²) in [5, 5.41) is 0. The fourth-order valence-electron chi connectivity index (χ4n) is 5.24. The van der Waals surface area contributed by atoms with Crippen molar-refractivity contribution in [3.63, 3.8) is 0 Å². The monoisotopic (exact) mass is 586 g/mol. The Balaban J connectivity index is 2.55. The number of hydrogen-bond acceptors (Lipinski definition) is 3. The van der Waals surface area contributed by atoms with Crippen LogP contribution in [0.15, 0.2) is 30.3 Å². The van der Waals surface area contributed by atoms with Gasteiger partial charge in [0.05, 0.1) is 0 Å². The van der Waals surface area contributed by atoms with E-state index >= 15 is 0 Å². The maximum Gasteiger partial charge on any atom is 0.242 e. The average Bonchev–Trinajstić information content (AvgIpc) is 2.89. The van der Waals surface area contributed by atoms with Crippen LogP contribution < -0.4 is 4.74 Å². The van der Waals surface area contributed by atoms with Gasteiger partial charge in [-0.2, -0.15) is 0 Å². The first-order chi connectivity index (χ1) is 18.4. The van der Waals surface area contributed by atoms with Crippen molar-refractivity contribution in [2.45, 2.75) is 161 Å². The molecule has 0 heterocycles. The van der Waals surface area contributed by atoms with E-state index in [0.717, 1.165) is 31.4 Å². The molecule has 0 fully saturated rings. The van der Waals surface area contributed by atoms with Crippen LogP contribution in [0.1, 0.15) is 155 Å². The van der Waals surface area contributed by atoms with Crippen LogP contribution in [0.5, 0.6) is 5.75 Å². The van der Waals surface area contributed by atoms with Crippen LogP contribution in [0.2, 0.25) is 0 Å². The molecule has 3 nitrogen and oxygen atoms in total. The van der Waals surface area contributed by atoms with E-state index in [9.17, 15) is 4.89 Å². The number of thiol groups is 1. The highest BCUT2D eigenvalue weighted by Crippen LogP contribution is 2.53. The molecule has 38 heavy (non-hydrogen) atoms. The lowest BCUT2D eigenvalue weighted by atomic mass is 9.90. The van der Waals surface area contributed by atoms with Crippen molar-refractivity contribution in [3.8, 4) is 5.75 Å². The molecule has 0 aliphatic rings. The molecule has 1 unspecified atom stereocenters. The molecule has 0 saturated heterocycles. The van der Waals surface area contributed by atoms with E-state index in [2.05, 4.69) is 26.1 Å². The first kappa shape index (κ1) is 36.0. The van der Waals surface area contributed by atoms with Crippen molar-refractivity contribution >= 4 is 29.7 Å². The minimum absolute atomic E-state index is 0.408. The zero-order valence-corrected chi connectivity index (χ0v) is 27.3. The van der Waals surface area contributed by atoms with Gasteiger partial charge in [0.2, 0.25) is 5.69 Å². The Hall–Kier alpha value is -0.0600. The fourth-order valence-corrected chi connectivity index (χ4v) is 6.97. The van der Waals surface area contributed by atoms with Crippen molar-refractivity contribution in [3.05, 3.63) is 30.3 Å². The Labute approximate surface area is 246 Å². The summed E-state index contributed by atoms with van der Waals surface area (Å²) in [6.45, 7) is 4.95. The molecule has 0 amide bonds. The fraction of sp³-hybridized carbons (Fsp3) is 0.812. The quantitative estimate of drug-likeness (QED) is 0.0611. The van der Waals surface area contributed by atoms with Gasteiger partial charge in [0, 0.05) is 0 Å². The molecule has 6 heteroatoms. The molecule has 0 aliphatic heterocycles. The SMILES string of the molecule is CCCCCCCCCCCCC(CCCCCCCCCCCC)(COc1ccccc1)OP(O)(=S)S. The van der Waals surface area contributed by atoms with E-state index in [1.807, 2.05) is 30.3 Å². The molecular weight excluding hydrogens is 527 g/mol. The number of benzene rings is 1. The third-order valence-corrected chi connectivity index (χ3v) is 8.62. The maximum atomic E-state index is 10.5. The Kier molecular flexibility index (Phi) is 22.4. The number of ether oxygens (including phenoxy) is 1. The second-order valence-electron chi connectivity index (χ2n) is 11.2. The van der Waals surface area contributed by atoms with Crippen molar-refractivity contribution in [2.24, 2.45) is 0 Å². The lowest BCUT2D eigenvalue weighted by molar-refractivity contribution is 0.00440. The molecule has 1 rings (SSSR count). The Morgan fingerprint density at radius 1 is 0.658 bits per heavy atom. The van der Waals surface area contributed by atoms with Crippen LogP contribution in [0.3, 0.4) is 0 Å². The lowest BCUT2D eigenvalue weighted by Gasteiger charge is -2.35. The molecule has 0 saturated carbocycles. The van der Waals surface area contributed by atoms with Crippen molar-refractivity contribution in [2.75, 3.05) is 6.61 Å². The molecule has 0 aliphatic carbocycles. The normalized spacial score (nSPS) is 13.5. The van der Waals surface area contributed by atoms with Crippen LogP contribution in [-0.2, 0) is 16.3 Å². The van der Waals surface area contributed by atoms with Gasteiger partial charge in [0.1, 0.15) is 18.0 Å². The van der Waals surface area contributed by atoms with E-state index in [-0.39, 0.29) is 0 Å². The topological polar surface area (TPSA) is 38.7 Å². The van der Waals surface area contributed by atoms with Crippen LogP contribution in [0.4, 0.5) is 0 Å². The average molecular weight is 587 g/mol. The lowest BCUT2D eigenvalue weighted by Crippen LogP contribution is -2.38. The van der Waals surface area contributed by atoms with Crippen molar-refractivity contribution in [1.82, 2.24) is 0 Å². The largest absolute Gasteiger partial charge is 0.491 e. The number of rotatable bonds is 27. The molecule has 0 bridgehead atoms.